The number of ether oxygens (including phenoxy) is 1. The Morgan fingerprint density at radius 2 is 1.79 bits per heavy atom. The molecule has 0 aliphatic rings. The first-order valence-electron chi connectivity index (χ1n) is 9.14. The number of carbonyl (C=O) groups excluding carboxylic acids is 2. The van der Waals surface area contributed by atoms with Gasteiger partial charge in [0.1, 0.15) is 5.75 Å². The highest BCUT2D eigenvalue weighted by Gasteiger charge is 2.20. The molecule has 0 aliphatic heterocycles. The molecule has 2 rings (SSSR count). The second-order valence-corrected chi connectivity index (χ2v) is 7.99. The van der Waals surface area contributed by atoms with Crippen LogP contribution in [0.5, 0.6) is 5.75 Å². The summed E-state index contributed by atoms with van der Waals surface area (Å²) < 4.78 is 33.4. The van der Waals surface area contributed by atoms with Crippen LogP contribution < -0.4 is 20.1 Å². The lowest BCUT2D eigenvalue weighted by molar-refractivity contribution is -0.114. The van der Waals surface area contributed by atoms with Crippen LogP contribution in [0.15, 0.2) is 47.4 Å². The minimum Gasteiger partial charge on any atom is -0.495 e. The average Bonchev–Trinajstić information content (AvgIpc) is 2.67. The third-order valence-corrected chi connectivity index (χ3v) is 5.39. The number of para-hydroxylation sites is 1. The molecule has 8 nitrogen and oxygen atoms in total. The Balaban J connectivity index is 2.32. The molecule has 0 aliphatic carbocycles. The highest BCUT2D eigenvalue weighted by Crippen LogP contribution is 2.29. The SMILES string of the molecule is CCCCNC(=O)c1ccccc1NS(=O)(=O)c1ccc(OC)c(NC(C)=O)c1. The molecule has 9 heteroatoms. The molecule has 0 heterocycles. The van der Waals surface area contributed by atoms with Crippen LogP contribution in [0, 0.1) is 0 Å². The molecule has 29 heavy (non-hydrogen) atoms. The van der Waals surface area contributed by atoms with Crippen LogP contribution in [0.4, 0.5) is 11.4 Å². The summed E-state index contributed by atoms with van der Waals surface area (Å²) in [5, 5.41) is 5.31. The predicted molar refractivity (Wildman–Crippen MR) is 112 cm³/mol. The number of carbonyl (C=O) groups is 2. The Kier molecular flexibility index (Phi) is 7.60. The van der Waals surface area contributed by atoms with Gasteiger partial charge in [-0.25, -0.2) is 8.42 Å². The predicted octanol–water partition coefficient (Wildman–Crippen LogP) is 2.98. The number of hydrogen-bond acceptors (Lipinski definition) is 5. The molecule has 0 saturated carbocycles. The summed E-state index contributed by atoms with van der Waals surface area (Å²) in [6, 6.07) is 10.5. The number of methoxy groups -OCH3 is 1. The largest absolute Gasteiger partial charge is 0.495 e. The maximum Gasteiger partial charge on any atom is 0.261 e. The Morgan fingerprint density at radius 3 is 2.45 bits per heavy atom. The first-order chi connectivity index (χ1) is 13.8. The summed E-state index contributed by atoms with van der Waals surface area (Å²) in [6.07, 6.45) is 1.76. The fourth-order valence-corrected chi connectivity index (χ4v) is 3.69. The maximum atomic E-state index is 12.9. The summed E-state index contributed by atoms with van der Waals surface area (Å²) in [5.74, 6) is -0.389. The van der Waals surface area contributed by atoms with Gasteiger partial charge in [-0.3, -0.25) is 14.3 Å². The van der Waals surface area contributed by atoms with Crippen molar-refractivity contribution in [1.29, 1.82) is 0 Å². The van der Waals surface area contributed by atoms with Crippen molar-refractivity contribution in [2.45, 2.75) is 31.6 Å². The van der Waals surface area contributed by atoms with E-state index in [9.17, 15) is 18.0 Å². The van der Waals surface area contributed by atoms with E-state index < -0.39 is 10.0 Å². The third-order valence-electron chi connectivity index (χ3n) is 4.02. The van der Waals surface area contributed by atoms with Crippen molar-refractivity contribution in [1.82, 2.24) is 5.32 Å². The lowest BCUT2D eigenvalue weighted by Crippen LogP contribution is -2.26. The molecule has 0 fully saturated rings. The molecule has 2 aromatic rings. The minimum absolute atomic E-state index is 0.0803. The van der Waals surface area contributed by atoms with Gasteiger partial charge in [0.15, 0.2) is 0 Å². The van der Waals surface area contributed by atoms with E-state index in [4.69, 9.17) is 4.74 Å². The molecular formula is C20H25N3O5S. The van der Waals surface area contributed by atoms with Gasteiger partial charge in [0.25, 0.3) is 15.9 Å². The number of benzene rings is 2. The minimum atomic E-state index is -4.01. The van der Waals surface area contributed by atoms with Crippen molar-refractivity contribution in [2.75, 3.05) is 23.7 Å². The number of nitrogens with one attached hydrogen (secondary N) is 3. The van der Waals surface area contributed by atoms with E-state index in [1.807, 2.05) is 6.92 Å². The average molecular weight is 420 g/mol. The summed E-state index contributed by atoms with van der Waals surface area (Å²) in [4.78, 5) is 23.7. The van der Waals surface area contributed by atoms with E-state index in [1.54, 1.807) is 18.2 Å². The Morgan fingerprint density at radius 1 is 1.07 bits per heavy atom. The number of sulfonamides is 1. The molecule has 2 amide bonds. The second kappa shape index (κ2) is 9.92. The molecule has 2 aromatic carbocycles. The van der Waals surface area contributed by atoms with E-state index in [2.05, 4.69) is 15.4 Å². The third kappa shape index (κ3) is 5.95. The molecule has 0 spiro atoms. The van der Waals surface area contributed by atoms with E-state index >= 15 is 0 Å². The van der Waals surface area contributed by atoms with Gasteiger partial charge in [0.2, 0.25) is 5.91 Å². The lowest BCUT2D eigenvalue weighted by Gasteiger charge is -2.14. The summed E-state index contributed by atoms with van der Waals surface area (Å²) in [5.41, 5.74) is 0.620. The molecule has 0 saturated heterocycles. The standard InChI is InChI=1S/C20H25N3O5S/c1-4-5-12-21-20(25)16-8-6-7-9-17(16)23-29(26,27)15-10-11-19(28-3)18(13-15)22-14(2)24/h6-11,13,23H,4-5,12H2,1-3H3,(H,21,25)(H,22,24). The quantitative estimate of drug-likeness (QED) is 0.541. The van der Waals surface area contributed by atoms with Crippen LogP contribution in [-0.4, -0.2) is 33.9 Å². The van der Waals surface area contributed by atoms with Crippen molar-refractivity contribution in [3.05, 3.63) is 48.0 Å². The molecule has 156 valence electrons. The van der Waals surface area contributed by atoms with Crippen LogP contribution in [0.2, 0.25) is 0 Å². The first kappa shape index (κ1) is 22.2. The zero-order valence-electron chi connectivity index (χ0n) is 16.6. The number of hydrogen-bond donors (Lipinski definition) is 3. The Bertz CT molecular complexity index is 989. The summed E-state index contributed by atoms with van der Waals surface area (Å²) in [7, 11) is -2.60. The van der Waals surface area contributed by atoms with Crippen molar-refractivity contribution >= 4 is 33.2 Å². The topological polar surface area (TPSA) is 114 Å². The van der Waals surface area contributed by atoms with Gasteiger partial charge >= 0.3 is 0 Å². The molecule has 0 atom stereocenters. The van der Waals surface area contributed by atoms with Gasteiger partial charge in [-0.1, -0.05) is 25.5 Å². The molecule has 3 N–H and O–H groups in total. The molecule has 0 bridgehead atoms. The van der Waals surface area contributed by atoms with Crippen LogP contribution in [0.1, 0.15) is 37.0 Å². The number of anilines is 2. The fraction of sp³-hybridized carbons (Fsp3) is 0.300. The van der Waals surface area contributed by atoms with Gasteiger partial charge in [-0.15, -0.1) is 0 Å². The summed E-state index contributed by atoms with van der Waals surface area (Å²) in [6.45, 7) is 3.83. The van der Waals surface area contributed by atoms with Crippen LogP contribution in [0.25, 0.3) is 0 Å². The monoisotopic (exact) mass is 419 g/mol. The van der Waals surface area contributed by atoms with Gasteiger partial charge in [-0.05, 0) is 36.8 Å². The zero-order chi connectivity index (χ0) is 21.4. The van der Waals surface area contributed by atoms with Crippen molar-refractivity contribution in [3.63, 3.8) is 0 Å². The van der Waals surface area contributed by atoms with Gasteiger partial charge in [0, 0.05) is 13.5 Å². The van der Waals surface area contributed by atoms with Crippen LogP contribution in [-0.2, 0) is 14.8 Å². The lowest BCUT2D eigenvalue weighted by atomic mass is 10.1. The normalized spacial score (nSPS) is 10.9. The zero-order valence-corrected chi connectivity index (χ0v) is 17.4. The van der Waals surface area contributed by atoms with E-state index in [-0.39, 0.29) is 33.6 Å². The van der Waals surface area contributed by atoms with Crippen molar-refractivity contribution in [3.8, 4) is 5.75 Å². The van der Waals surface area contributed by atoms with Gasteiger partial charge in [-0.2, -0.15) is 0 Å². The molecular weight excluding hydrogens is 394 g/mol. The van der Waals surface area contributed by atoms with Crippen molar-refractivity contribution in [2.24, 2.45) is 0 Å². The highest BCUT2D eigenvalue weighted by atomic mass is 32.2. The fourth-order valence-electron chi connectivity index (χ4n) is 2.59. The van der Waals surface area contributed by atoms with E-state index in [1.165, 1.54) is 38.3 Å². The smallest absolute Gasteiger partial charge is 0.261 e. The number of unbranched alkanes of at least 4 members (excludes halogenated alkanes) is 1. The Hall–Kier alpha value is -3.07. The number of amides is 2. The molecule has 0 unspecified atom stereocenters. The van der Waals surface area contributed by atoms with Gasteiger partial charge in [0.05, 0.1) is 28.9 Å². The van der Waals surface area contributed by atoms with Crippen molar-refractivity contribution < 1.29 is 22.7 Å². The van der Waals surface area contributed by atoms with Crippen LogP contribution in [0.3, 0.4) is 0 Å². The van der Waals surface area contributed by atoms with E-state index in [0.717, 1.165) is 12.8 Å². The first-order valence-corrected chi connectivity index (χ1v) is 10.6. The van der Waals surface area contributed by atoms with Gasteiger partial charge < -0.3 is 15.4 Å². The van der Waals surface area contributed by atoms with E-state index in [0.29, 0.717) is 12.3 Å². The van der Waals surface area contributed by atoms with Crippen LogP contribution >= 0.6 is 0 Å². The molecule has 0 radical (unpaired) electrons. The highest BCUT2D eigenvalue weighted by molar-refractivity contribution is 7.92. The second-order valence-electron chi connectivity index (χ2n) is 6.30. The number of rotatable bonds is 9. The Labute approximate surface area is 170 Å². The maximum absolute atomic E-state index is 12.9. The molecule has 0 aromatic heterocycles. The summed E-state index contributed by atoms with van der Waals surface area (Å²) >= 11 is 0.